The van der Waals surface area contributed by atoms with E-state index >= 15 is 0 Å². The van der Waals surface area contributed by atoms with Gasteiger partial charge in [0.1, 0.15) is 5.78 Å². The van der Waals surface area contributed by atoms with Crippen molar-refractivity contribution in [3.63, 3.8) is 0 Å². The normalized spacial score (nSPS) is 22.2. The molecule has 12 rings (SSSR count). The number of Topliss-reactive ketones (excluding diaryl/α,β-unsaturated/α-hetero) is 1. The molecule has 3 radical (unpaired) electrons. The molecule has 105 heavy (non-hydrogen) atoms. The van der Waals surface area contributed by atoms with E-state index in [1.54, 1.807) is 0 Å². The number of aromatic nitrogens is 9. The number of carbonyl (C=O) groups is 4. The van der Waals surface area contributed by atoms with Gasteiger partial charge in [0, 0.05) is 90.9 Å². The molecule has 0 amide bonds. The summed E-state index contributed by atoms with van der Waals surface area (Å²) in [6.45, 7) is 17.8. The number of ketones is 1. The number of fused-ring (bicyclic) bond motifs is 3. The van der Waals surface area contributed by atoms with Crippen LogP contribution in [0.4, 0.5) is 17.8 Å². The van der Waals surface area contributed by atoms with Crippen molar-refractivity contribution >= 4 is 83.2 Å². The first-order valence-electron chi connectivity index (χ1n) is 39.9. The number of allylic oxidation sites excluding steroid dienone is 6. The number of aliphatic carboxylic acids is 1. The Hall–Kier alpha value is -6.46. The summed E-state index contributed by atoms with van der Waals surface area (Å²) >= 11 is 0. The Balaban J connectivity index is 0.000000219. The average molecular weight is 1450 g/mol. The first-order chi connectivity index (χ1) is 49.9. The van der Waals surface area contributed by atoms with Crippen LogP contribution < -0.4 is 45.5 Å². The van der Waals surface area contributed by atoms with Gasteiger partial charge in [-0.05, 0) is 211 Å². The Morgan fingerprint density at radius 3 is 1.08 bits per heavy atom. The van der Waals surface area contributed by atoms with E-state index in [1.807, 2.05) is 32.4 Å². The third-order valence-corrected chi connectivity index (χ3v) is 22.5. The Morgan fingerprint density at radius 2 is 0.790 bits per heavy atom. The average Bonchev–Trinajstić information content (AvgIpc) is 1.63. The van der Waals surface area contributed by atoms with Crippen molar-refractivity contribution in [2.24, 2.45) is 17.8 Å². The molecule has 0 saturated heterocycles. The van der Waals surface area contributed by atoms with E-state index in [0.717, 1.165) is 143 Å². The van der Waals surface area contributed by atoms with E-state index < -0.39 is 5.97 Å². The van der Waals surface area contributed by atoms with Crippen LogP contribution in [0.3, 0.4) is 0 Å². The van der Waals surface area contributed by atoms with Crippen molar-refractivity contribution in [2.75, 3.05) is 29.2 Å². The van der Waals surface area contributed by atoms with Crippen LogP contribution in [0.5, 0.6) is 0 Å². The third-order valence-electron chi connectivity index (χ3n) is 22.5. The van der Waals surface area contributed by atoms with Crippen LogP contribution in [0.15, 0.2) is 55.0 Å². The summed E-state index contributed by atoms with van der Waals surface area (Å²) < 4.78 is 16.7. The van der Waals surface area contributed by atoms with Crippen molar-refractivity contribution in [1.82, 2.24) is 43.8 Å². The molecule has 6 aromatic heterocycles. The van der Waals surface area contributed by atoms with Crippen LogP contribution in [0.1, 0.15) is 320 Å². The predicted molar refractivity (Wildman–Crippen MR) is 415 cm³/mol. The monoisotopic (exact) mass is 1450 g/mol. The number of esters is 2. The summed E-state index contributed by atoms with van der Waals surface area (Å²) in [5.74, 6) is 2.09. The molecule has 0 bridgehead atoms. The zero-order valence-electron chi connectivity index (χ0n) is 65.7. The zero-order chi connectivity index (χ0) is 72.9. The zero-order valence-corrected chi connectivity index (χ0v) is 66.7. The number of carboxylic acid groups (broad SMARTS) is 1. The quantitative estimate of drug-likeness (QED) is 0.0145. The van der Waals surface area contributed by atoms with Crippen molar-refractivity contribution in [3.05, 3.63) is 88.8 Å². The van der Waals surface area contributed by atoms with Gasteiger partial charge in [-0.25, -0.2) is 28.5 Å². The van der Waals surface area contributed by atoms with Gasteiger partial charge in [0.25, 0.3) is 0 Å². The number of ether oxygens (including phenoxy) is 2. The molecule has 6 heterocycles. The maximum Gasteiger partial charge on any atom is 1.00 e. The van der Waals surface area contributed by atoms with E-state index in [4.69, 9.17) is 24.8 Å². The maximum atomic E-state index is 12.2. The molecule has 6 aromatic rings. The number of nitrogens with one attached hydrogen (secondary N) is 3. The molecule has 3 unspecified atom stereocenters. The molecule has 6 aliphatic rings. The molecule has 0 spiro atoms. The second-order valence-electron chi connectivity index (χ2n) is 30.5. The summed E-state index contributed by atoms with van der Waals surface area (Å²) in [4.78, 5) is 61.6. The largest absolute Gasteiger partial charge is 1.00 e. The van der Waals surface area contributed by atoms with E-state index in [-0.39, 0.29) is 81.3 Å². The van der Waals surface area contributed by atoms with E-state index in [0.29, 0.717) is 111 Å². The summed E-state index contributed by atoms with van der Waals surface area (Å²) in [7, 11) is 0. The van der Waals surface area contributed by atoms with Crippen LogP contribution in [-0.2, 0) is 28.7 Å². The van der Waals surface area contributed by atoms with Gasteiger partial charge >= 0.3 is 47.5 Å². The Labute approximate surface area is 649 Å². The number of carbonyl (C=O) groups excluding carboxylic acids is 3. The Morgan fingerprint density at radius 1 is 0.476 bits per heavy atom. The van der Waals surface area contributed by atoms with Crippen LogP contribution in [0.2, 0.25) is 0 Å². The maximum absolute atomic E-state index is 12.2. The fraction of sp³-hybridized carbons (Fsp3) is 0.659. The molecular weight excluding hydrogens is 1330 g/mol. The summed E-state index contributed by atoms with van der Waals surface area (Å²) in [5.41, 5.74) is 13.7. The van der Waals surface area contributed by atoms with Crippen LogP contribution in [0.25, 0.3) is 33.3 Å². The SMILES string of the molecule is CCCCC[C@H](C)Nc1ncc2c(C3=CCC(C(=O)O)CC3)cc(C3CCC(O)CC3)n2n1.CCCCC[C@H](C)Nc1ncc2c(C3=CCC(C(=O)OCC)CC3)cc(C3CCC(=O)CC3)n2n1.CCCCC[C@H](C)Nc1ncc2c(C3=CCC(C(=O)OCC)CC3)cc(C3CCC(O)CC3)n2n1.[B].[H-].[Na+]. The number of unbranched alkanes of at least 4 members (excludes halogenated alkanes) is 6. The first kappa shape index (κ1) is 84.2. The molecule has 6 N–H and O–H groups in total. The van der Waals surface area contributed by atoms with Crippen LogP contribution in [0, 0.1) is 17.8 Å². The van der Waals surface area contributed by atoms with Crippen molar-refractivity contribution < 1.29 is 75.0 Å². The van der Waals surface area contributed by atoms with Gasteiger partial charge in [-0.15, -0.1) is 15.3 Å². The van der Waals surface area contributed by atoms with Crippen molar-refractivity contribution in [3.8, 4) is 0 Å². The number of hydrogen-bond acceptors (Lipinski definition) is 17. The molecule has 3 fully saturated rings. The number of anilines is 3. The second-order valence-corrected chi connectivity index (χ2v) is 30.5. The van der Waals surface area contributed by atoms with Crippen LogP contribution in [-0.4, -0.2) is 135 Å². The smallest absolute Gasteiger partial charge is 1.00 e. The van der Waals surface area contributed by atoms with E-state index in [1.165, 1.54) is 97.2 Å². The van der Waals surface area contributed by atoms with Gasteiger partial charge in [0.2, 0.25) is 17.8 Å². The van der Waals surface area contributed by atoms with Gasteiger partial charge in [0.15, 0.2) is 0 Å². The summed E-state index contributed by atoms with van der Waals surface area (Å²) in [6.07, 6.45) is 43.0. The number of nitrogens with zero attached hydrogens (tertiary/aromatic N) is 9. The minimum absolute atomic E-state index is 0. The van der Waals surface area contributed by atoms with Gasteiger partial charge in [-0.2, -0.15) is 0 Å². The second kappa shape index (κ2) is 41.8. The molecular formula is C82H121BN12NaO9. The fourth-order valence-electron chi connectivity index (χ4n) is 16.3. The first-order valence-corrected chi connectivity index (χ1v) is 39.9. The molecule has 0 aliphatic heterocycles. The number of aliphatic hydroxyl groups is 2. The summed E-state index contributed by atoms with van der Waals surface area (Å²) in [6, 6.07) is 7.74. The Bertz CT molecular complexity index is 3880. The number of aliphatic hydroxyl groups excluding tert-OH is 2. The van der Waals surface area contributed by atoms with Gasteiger partial charge in [-0.1, -0.05) is 96.8 Å². The van der Waals surface area contributed by atoms with Crippen molar-refractivity contribution in [1.29, 1.82) is 0 Å². The molecule has 567 valence electrons. The topological polar surface area (TPSA) is 274 Å². The molecule has 6 aliphatic carbocycles. The van der Waals surface area contributed by atoms with E-state index in [9.17, 15) is 34.5 Å². The molecule has 23 heteroatoms. The Kier molecular flexibility index (Phi) is 33.5. The van der Waals surface area contributed by atoms with Crippen molar-refractivity contribution in [2.45, 2.75) is 315 Å². The minimum atomic E-state index is -0.708. The van der Waals surface area contributed by atoms with Crippen LogP contribution >= 0.6 is 0 Å². The van der Waals surface area contributed by atoms with E-state index in [2.05, 4.69) is 122 Å². The predicted octanol–water partition coefficient (Wildman–Crippen LogP) is 14.1. The molecule has 3 saturated carbocycles. The third kappa shape index (κ3) is 22.8. The number of hydrogen-bond donors (Lipinski definition) is 6. The number of carboxylic acids is 1. The minimum Gasteiger partial charge on any atom is -1.00 e. The summed E-state index contributed by atoms with van der Waals surface area (Å²) in [5, 5.41) is 54.6. The standard InChI is InChI=1S/C28H42N4O3.C28H40N4O3.C26H38N4O3.B.Na.H/c2*1-4-6-7-8-19(3)30-28-29-18-26-24(20-9-11-22(12-10-20)27(34)35-5-2)17-25(32(26)31-28)21-13-15-23(33)16-14-21;1-3-4-5-6-17(2)28-26-27-16-24-22(18-7-9-20(10-8-18)25(32)33)15-23(30(24)29-26)19-11-13-21(31)14-12-19;;;/h9,17-19,21-23,33H,4-8,10-16H2,1-3H3,(H,30,31);9,17-19,21-22H,4-8,10-16H2,1-3H3,(H,30,31);7,15-17,19-21,31H,3-6,8-14H2,1-2H3,(H,28,29)(H,32,33);;;/q;;;;+1;-1/t19-,21?,22?,23?;19-,22?;17-,19?,20?,21?;;;/m000.../s1. The van der Waals surface area contributed by atoms with Gasteiger partial charge < -0.3 is 42.2 Å². The van der Waals surface area contributed by atoms with Gasteiger partial charge in [-0.3, -0.25) is 19.2 Å². The van der Waals surface area contributed by atoms with Gasteiger partial charge in [0.05, 0.1) is 78.3 Å². The molecule has 0 aromatic carbocycles. The molecule has 21 nitrogen and oxygen atoms in total. The fourth-order valence-corrected chi connectivity index (χ4v) is 16.3. The molecule has 6 atom stereocenters. The number of rotatable bonds is 29.